The molecule has 0 aliphatic heterocycles. The number of sulfonamides is 1. The van der Waals surface area contributed by atoms with Crippen LogP contribution in [0.25, 0.3) is 0 Å². The maximum absolute atomic E-state index is 14.1. The van der Waals surface area contributed by atoms with Gasteiger partial charge in [-0.1, -0.05) is 75.4 Å². The molecule has 2 atom stereocenters. The van der Waals surface area contributed by atoms with Crippen molar-refractivity contribution in [2.45, 2.75) is 65.1 Å². The molecule has 0 saturated heterocycles. The summed E-state index contributed by atoms with van der Waals surface area (Å²) in [7, 11) is -3.85. The average molecular weight is 582 g/mol. The minimum atomic E-state index is -3.85. The highest BCUT2D eigenvalue weighted by atomic mass is 32.2. The van der Waals surface area contributed by atoms with Gasteiger partial charge in [-0.15, -0.1) is 0 Å². The van der Waals surface area contributed by atoms with E-state index in [0.717, 1.165) is 21.7 Å². The average Bonchev–Trinajstić information content (AvgIpc) is 2.94. The van der Waals surface area contributed by atoms with Crippen molar-refractivity contribution in [3.05, 3.63) is 101 Å². The summed E-state index contributed by atoms with van der Waals surface area (Å²) in [5.74, 6) is -1.06. The Morgan fingerprint density at radius 2 is 1.49 bits per heavy atom. The maximum atomic E-state index is 14.1. The lowest BCUT2D eigenvalue weighted by molar-refractivity contribution is -0.140. The second-order valence-electron chi connectivity index (χ2n) is 10.7. The van der Waals surface area contributed by atoms with Crippen LogP contribution in [0.4, 0.5) is 10.1 Å². The van der Waals surface area contributed by atoms with Crippen molar-refractivity contribution in [2.24, 2.45) is 0 Å². The van der Waals surface area contributed by atoms with Crippen LogP contribution in [0.3, 0.4) is 0 Å². The van der Waals surface area contributed by atoms with E-state index < -0.39 is 34.3 Å². The molecule has 0 radical (unpaired) electrons. The number of carbonyl (C=O) groups excluding carboxylic acids is 2. The van der Waals surface area contributed by atoms with E-state index in [4.69, 9.17) is 0 Å². The van der Waals surface area contributed by atoms with E-state index in [1.165, 1.54) is 17.0 Å². The molecular weight excluding hydrogens is 541 g/mol. The van der Waals surface area contributed by atoms with Crippen LogP contribution >= 0.6 is 0 Å². The first-order valence-corrected chi connectivity index (χ1v) is 15.7. The van der Waals surface area contributed by atoms with Gasteiger partial charge in [-0.25, -0.2) is 12.8 Å². The number of hydrogen-bond donors (Lipinski definition) is 1. The van der Waals surface area contributed by atoms with E-state index in [-0.39, 0.29) is 30.8 Å². The Hall–Kier alpha value is -3.72. The number of amides is 2. The Morgan fingerprint density at radius 1 is 0.878 bits per heavy atom. The van der Waals surface area contributed by atoms with Gasteiger partial charge in [0.1, 0.15) is 18.4 Å². The topological polar surface area (TPSA) is 86.8 Å². The number of nitrogens with one attached hydrogen (secondary N) is 1. The van der Waals surface area contributed by atoms with Gasteiger partial charge in [-0.2, -0.15) is 0 Å². The molecule has 2 amide bonds. The van der Waals surface area contributed by atoms with E-state index in [1.807, 2.05) is 70.2 Å². The minimum absolute atomic E-state index is 0.00553. The van der Waals surface area contributed by atoms with Crippen LogP contribution in [0.15, 0.2) is 78.9 Å². The van der Waals surface area contributed by atoms with Gasteiger partial charge in [-0.05, 0) is 60.2 Å². The maximum Gasteiger partial charge on any atom is 0.244 e. The SMILES string of the molecule is CCC(C)NC(=O)C(Cc1ccccc1)N(Cc1ccc(F)cc1)C(=O)CN(c1ccc(C(C)C)cc1)S(C)(=O)=O. The van der Waals surface area contributed by atoms with Crippen molar-refractivity contribution >= 4 is 27.5 Å². The van der Waals surface area contributed by atoms with Crippen LogP contribution in [0.1, 0.15) is 56.7 Å². The summed E-state index contributed by atoms with van der Waals surface area (Å²) < 4.78 is 40.6. The third-order valence-corrected chi connectivity index (χ3v) is 8.21. The fourth-order valence-electron chi connectivity index (χ4n) is 4.42. The number of carbonyl (C=O) groups is 2. The predicted octanol–water partition coefficient (Wildman–Crippen LogP) is 5.27. The number of rotatable bonds is 13. The van der Waals surface area contributed by atoms with Gasteiger partial charge in [0.15, 0.2) is 0 Å². The molecule has 0 fully saturated rings. The Kier molecular flexibility index (Phi) is 11.1. The van der Waals surface area contributed by atoms with Crippen LogP contribution in [0, 0.1) is 5.82 Å². The Bertz CT molecular complexity index is 1400. The van der Waals surface area contributed by atoms with E-state index in [0.29, 0.717) is 17.7 Å². The molecule has 0 aliphatic carbocycles. The fourth-order valence-corrected chi connectivity index (χ4v) is 5.27. The van der Waals surface area contributed by atoms with Crippen molar-refractivity contribution in [3.8, 4) is 0 Å². The van der Waals surface area contributed by atoms with Crippen molar-refractivity contribution in [1.29, 1.82) is 0 Å². The molecule has 0 bridgehead atoms. The zero-order valence-electron chi connectivity index (χ0n) is 24.4. The van der Waals surface area contributed by atoms with Gasteiger partial charge in [0, 0.05) is 19.0 Å². The summed E-state index contributed by atoms with van der Waals surface area (Å²) in [6.07, 6.45) is 1.97. The normalized spacial score (nSPS) is 13.0. The summed E-state index contributed by atoms with van der Waals surface area (Å²) in [5, 5.41) is 2.99. The van der Waals surface area contributed by atoms with Gasteiger partial charge in [-0.3, -0.25) is 13.9 Å². The van der Waals surface area contributed by atoms with Gasteiger partial charge in [0.05, 0.1) is 11.9 Å². The lowest BCUT2D eigenvalue weighted by Crippen LogP contribution is -2.54. The van der Waals surface area contributed by atoms with Crippen molar-refractivity contribution < 1.29 is 22.4 Å². The molecule has 9 heteroatoms. The molecule has 41 heavy (non-hydrogen) atoms. The van der Waals surface area contributed by atoms with Crippen LogP contribution in [-0.4, -0.2) is 50.0 Å². The van der Waals surface area contributed by atoms with Gasteiger partial charge >= 0.3 is 0 Å². The fraction of sp³-hybridized carbons (Fsp3) is 0.375. The number of halogens is 1. The Labute approximate surface area is 243 Å². The molecule has 220 valence electrons. The third kappa shape index (κ3) is 9.14. The number of benzene rings is 3. The summed E-state index contributed by atoms with van der Waals surface area (Å²) in [5.41, 5.74) is 2.85. The van der Waals surface area contributed by atoms with Crippen molar-refractivity contribution in [2.75, 3.05) is 17.1 Å². The van der Waals surface area contributed by atoms with E-state index in [1.54, 1.807) is 24.3 Å². The van der Waals surface area contributed by atoms with Gasteiger partial charge < -0.3 is 10.2 Å². The molecule has 1 N–H and O–H groups in total. The van der Waals surface area contributed by atoms with E-state index in [9.17, 15) is 22.4 Å². The highest BCUT2D eigenvalue weighted by Crippen LogP contribution is 2.23. The van der Waals surface area contributed by atoms with Crippen molar-refractivity contribution in [3.63, 3.8) is 0 Å². The highest BCUT2D eigenvalue weighted by molar-refractivity contribution is 7.92. The van der Waals surface area contributed by atoms with E-state index >= 15 is 0 Å². The molecule has 3 rings (SSSR count). The smallest absolute Gasteiger partial charge is 0.244 e. The van der Waals surface area contributed by atoms with Crippen LogP contribution in [0.2, 0.25) is 0 Å². The molecule has 0 saturated carbocycles. The molecule has 0 aromatic heterocycles. The number of hydrogen-bond acceptors (Lipinski definition) is 4. The molecule has 0 heterocycles. The van der Waals surface area contributed by atoms with E-state index in [2.05, 4.69) is 5.32 Å². The first-order valence-electron chi connectivity index (χ1n) is 13.8. The molecule has 2 unspecified atom stereocenters. The Morgan fingerprint density at radius 3 is 2.02 bits per heavy atom. The van der Waals surface area contributed by atoms with Crippen molar-refractivity contribution in [1.82, 2.24) is 10.2 Å². The zero-order chi connectivity index (χ0) is 30.2. The summed E-state index contributed by atoms with van der Waals surface area (Å²) in [6.45, 7) is 7.41. The molecule has 7 nitrogen and oxygen atoms in total. The molecule has 3 aromatic rings. The second kappa shape index (κ2) is 14.3. The number of anilines is 1. The predicted molar refractivity (Wildman–Crippen MR) is 162 cm³/mol. The lowest BCUT2D eigenvalue weighted by Gasteiger charge is -2.34. The molecular formula is C32H40FN3O4S. The zero-order valence-corrected chi connectivity index (χ0v) is 25.2. The quantitative estimate of drug-likeness (QED) is 0.298. The first-order chi connectivity index (χ1) is 19.4. The lowest BCUT2D eigenvalue weighted by atomic mass is 10.0. The van der Waals surface area contributed by atoms with Crippen LogP contribution < -0.4 is 9.62 Å². The molecule has 0 aliphatic rings. The standard InChI is InChI=1S/C32H40FN3O4S/c1-6-24(4)34-32(38)30(20-25-10-8-7-9-11-25)35(21-26-12-16-28(33)17-13-26)31(37)22-36(41(5,39)40)29-18-14-27(15-19-29)23(2)3/h7-19,23-24,30H,6,20-22H2,1-5H3,(H,34,38). The Balaban J connectivity index is 2.04. The molecule has 3 aromatic carbocycles. The third-order valence-electron chi connectivity index (χ3n) is 7.07. The van der Waals surface area contributed by atoms with Gasteiger partial charge in [0.2, 0.25) is 21.8 Å². The number of nitrogens with zero attached hydrogens (tertiary/aromatic N) is 2. The van der Waals surface area contributed by atoms with Crippen LogP contribution in [0.5, 0.6) is 0 Å². The monoisotopic (exact) mass is 581 g/mol. The van der Waals surface area contributed by atoms with Crippen LogP contribution in [-0.2, 0) is 32.6 Å². The first kappa shape index (κ1) is 31.8. The minimum Gasteiger partial charge on any atom is -0.352 e. The second-order valence-corrected chi connectivity index (χ2v) is 12.6. The highest BCUT2D eigenvalue weighted by Gasteiger charge is 2.33. The summed E-state index contributed by atoms with van der Waals surface area (Å²) in [6, 6.07) is 21.0. The largest absolute Gasteiger partial charge is 0.352 e. The molecule has 0 spiro atoms. The summed E-state index contributed by atoms with van der Waals surface area (Å²) >= 11 is 0. The van der Waals surface area contributed by atoms with Gasteiger partial charge in [0.25, 0.3) is 0 Å². The summed E-state index contributed by atoms with van der Waals surface area (Å²) in [4.78, 5) is 29.1.